The third-order valence-electron chi connectivity index (χ3n) is 6.37. The van der Waals surface area contributed by atoms with Crippen LogP contribution < -0.4 is 0 Å². The van der Waals surface area contributed by atoms with E-state index in [0.29, 0.717) is 32.5 Å². The second-order valence-corrected chi connectivity index (χ2v) is 7.94. The number of nitrogens with zero attached hydrogens (tertiary/aromatic N) is 4. The van der Waals surface area contributed by atoms with E-state index in [1.165, 1.54) is 12.4 Å². The zero-order valence-electron chi connectivity index (χ0n) is 16.6. The first kappa shape index (κ1) is 19.4. The lowest BCUT2D eigenvalue weighted by Crippen LogP contribution is -2.55. The van der Waals surface area contributed by atoms with Crippen molar-refractivity contribution in [2.24, 2.45) is 0 Å². The lowest BCUT2D eigenvalue weighted by molar-refractivity contribution is -0.143. The second kappa shape index (κ2) is 8.19. The van der Waals surface area contributed by atoms with Crippen molar-refractivity contribution in [3.05, 3.63) is 60.7 Å². The topological polar surface area (TPSA) is 82.2 Å². The molecule has 2 aliphatic rings. The van der Waals surface area contributed by atoms with Crippen molar-refractivity contribution in [3.63, 3.8) is 0 Å². The van der Waals surface area contributed by atoms with Crippen LogP contribution in [0.2, 0.25) is 0 Å². The molecule has 0 spiro atoms. The summed E-state index contributed by atoms with van der Waals surface area (Å²) in [5, 5.41) is 6.93. The highest BCUT2D eigenvalue weighted by Gasteiger charge is 2.46. The van der Waals surface area contributed by atoms with Gasteiger partial charge in [-0.15, -0.1) is 0 Å². The van der Waals surface area contributed by atoms with Crippen LogP contribution in [0.1, 0.15) is 43.0 Å². The van der Waals surface area contributed by atoms with Crippen molar-refractivity contribution in [2.75, 3.05) is 26.2 Å². The molecular weight excluding hydrogens is 366 g/mol. The summed E-state index contributed by atoms with van der Waals surface area (Å²) >= 11 is 0. The molecule has 0 saturated carbocycles. The highest BCUT2D eigenvalue weighted by atomic mass is 16.2. The average molecular weight is 393 g/mol. The molecule has 2 aliphatic heterocycles. The van der Waals surface area contributed by atoms with E-state index in [0.717, 1.165) is 30.8 Å². The minimum Gasteiger partial charge on any atom is -0.341 e. The Morgan fingerprint density at radius 3 is 2.55 bits per heavy atom. The molecule has 2 saturated heterocycles. The van der Waals surface area contributed by atoms with Crippen LogP contribution in [0.15, 0.2) is 49.3 Å². The molecule has 29 heavy (non-hydrogen) atoms. The molecule has 0 bridgehead atoms. The molecule has 0 radical (unpaired) electrons. The summed E-state index contributed by atoms with van der Waals surface area (Å²) in [7, 11) is 0. The highest BCUT2D eigenvalue weighted by molar-refractivity contribution is 5.90. The number of hydrogen-bond acceptors (Lipinski definition) is 4. The number of aromatic nitrogens is 3. The normalized spacial score (nSPS) is 21.6. The summed E-state index contributed by atoms with van der Waals surface area (Å²) in [6.07, 6.45) is 6.07. The zero-order valence-corrected chi connectivity index (χ0v) is 16.6. The van der Waals surface area contributed by atoms with E-state index < -0.39 is 5.41 Å². The number of rotatable bonds is 4. The molecule has 1 atom stereocenters. The smallest absolute Gasteiger partial charge is 0.245 e. The van der Waals surface area contributed by atoms with Gasteiger partial charge in [-0.25, -0.2) is 4.98 Å². The molecule has 1 aromatic heterocycles. The summed E-state index contributed by atoms with van der Waals surface area (Å²) < 4.78 is 0. The van der Waals surface area contributed by atoms with Crippen molar-refractivity contribution < 1.29 is 9.59 Å². The monoisotopic (exact) mass is 393 g/mol. The van der Waals surface area contributed by atoms with Crippen LogP contribution in [0, 0.1) is 0 Å². The Labute approximate surface area is 170 Å². The van der Waals surface area contributed by atoms with Crippen molar-refractivity contribution >= 4 is 11.8 Å². The number of amides is 2. The number of aromatic amines is 1. The van der Waals surface area contributed by atoms with E-state index in [-0.39, 0.29) is 17.7 Å². The molecule has 2 aromatic rings. The molecule has 1 unspecified atom stereocenters. The lowest BCUT2D eigenvalue weighted by Gasteiger charge is -2.45. The zero-order chi connectivity index (χ0) is 20.3. The lowest BCUT2D eigenvalue weighted by atomic mass is 9.71. The first-order valence-corrected chi connectivity index (χ1v) is 10.3. The van der Waals surface area contributed by atoms with Gasteiger partial charge in [0.05, 0.1) is 5.41 Å². The van der Waals surface area contributed by atoms with Crippen molar-refractivity contribution in [1.82, 2.24) is 25.0 Å². The molecule has 2 fully saturated rings. The van der Waals surface area contributed by atoms with Crippen LogP contribution in [-0.2, 0) is 15.0 Å². The Bertz CT molecular complexity index is 857. The van der Waals surface area contributed by atoms with Crippen LogP contribution in [0.4, 0.5) is 0 Å². The van der Waals surface area contributed by atoms with Crippen LogP contribution in [0.25, 0.3) is 0 Å². The van der Waals surface area contributed by atoms with Gasteiger partial charge in [-0.05, 0) is 37.3 Å². The number of nitrogens with one attached hydrogen (secondary N) is 1. The molecule has 1 N–H and O–H groups in total. The van der Waals surface area contributed by atoms with Gasteiger partial charge in [-0.3, -0.25) is 14.7 Å². The quantitative estimate of drug-likeness (QED) is 0.808. The summed E-state index contributed by atoms with van der Waals surface area (Å²) in [6, 6.07) is 10.0. The number of hydrogen-bond donors (Lipinski definition) is 1. The predicted octanol–water partition coefficient (Wildman–Crippen LogP) is 2.26. The molecule has 2 amide bonds. The van der Waals surface area contributed by atoms with Gasteiger partial charge in [-0.1, -0.05) is 36.9 Å². The van der Waals surface area contributed by atoms with Crippen LogP contribution in [0.5, 0.6) is 0 Å². The minimum absolute atomic E-state index is 0.0672. The van der Waals surface area contributed by atoms with Gasteiger partial charge in [0.15, 0.2) is 0 Å². The van der Waals surface area contributed by atoms with Gasteiger partial charge in [0.1, 0.15) is 12.2 Å². The number of carbonyl (C=O) groups is 2. The maximum atomic E-state index is 13.9. The maximum Gasteiger partial charge on any atom is 0.245 e. The average Bonchev–Trinajstić information content (AvgIpc) is 3.34. The van der Waals surface area contributed by atoms with Crippen molar-refractivity contribution in [2.45, 2.75) is 37.0 Å². The number of carbonyl (C=O) groups excluding carboxylic acids is 2. The Hall–Kier alpha value is -2.96. The van der Waals surface area contributed by atoms with Crippen LogP contribution in [-0.4, -0.2) is 63.0 Å². The van der Waals surface area contributed by atoms with E-state index in [4.69, 9.17) is 0 Å². The SMILES string of the molecule is C=CC(=O)N1CCC(C(=O)N2CCCC(c3ncn[nH]3)C2)(c2ccccc2)CC1. The Kier molecular flexibility index (Phi) is 5.47. The van der Waals surface area contributed by atoms with Gasteiger partial charge < -0.3 is 9.80 Å². The summed E-state index contributed by atoms with van der Waals surface area (Å²) in [5.74, 6) is 1.13. The first-order chi connectivity index (χ1) is 14.1. The third-order valence-corrected chi connectivity index (χ3v) is 6.37. The van der Waals surface area contributed by atoms with Gasteiger partial charge in [0.2, 0.25) is 11.8 Å². The fraction of sp³-hybridized carbons (Fsp3) is 0.455. The molecule has 1 aromatic carbocycles. The minimum atomic E-state index is -0.595. The maximum absolute atomic E-state index is 13.9. The summed E-state index contributed by atoms with van der Waals surface area (Å²) in [6.45, 7) is 6.12. The third kappa shape index (κ3) is 3.69. The standard InChI is InChI=1S/C22H27N5O2/c1-2-19(28)26-13-10-22(11-14-26,18-8-4-3-5-9-18)21(29)27-12-6-7-17(15-27)20-23-16-24-25-20/h2-5,8-9,16-17H,1,6-7,10-15H2,(H,23,24,25). The molecule has 7 nitrogen and oxygen atoms in total. The van der Waals surface area contributed by atoms with Gasteiger partial charge in [0.25, 0.3) is 0 Å². The summed E-state index contributed by atoms with van der Waals surface area (Å²) in [5.41, 5.74) is 0.445. The van der Waals surface area contributed by atoms with E-state index in [9.17, 15) is 9.59 Å². The summed E-state index contributed by atoms with van der Waals surface area (Å²) in [4.78, 5) is 34.0. The molecule has 3 heterocycles. The fourth-order valence-electron chi connectivity index (χ4n) is 4.72. The van der Waals surface area contributed by atoms with Crippen LogP contribution >= 0.6 is 0 Å². The number of benzene rings is 1. The molecule has 4 rings (SSSR count). The number of likely N-dealkylation sites (tertiary alicyclic amines) is 2. The molecule has 7 heteroatoms. The van der Waals surface area contributed by atoms with E-state index in [2.05, 4.69) is 21.8 Å². The highest BCUT2D eigenvalue weighted by Crippen LogP contribution is 2.39. The number of piperidine rings is 2. The van der Waals surface area contributed by atoms with Gasteiger partial charge in [0, 0.05) is 32.1 Å². The predicted molar refractivity (Wildman–Crippen MR) is 109 cm³/mol. The van der Waals surface area contributed by atoms with Crippen LogP contribution in [0.3, 0.4) is 0 Å². The van der Waals surface area contributed by atoms with Gasteiger partial charge in [-0.2, -0.15) is 5.10 Å². The Balaban J connectivity index is 1.59. The Morgan fingerprint density at radius 1 is 1.14 bits per heavy atom. The largest absolute Gasteiger partial charge is 0.341 e. The fourth-order valence-corrected chi connectivity index (χ4v) is 4.72. The molecule has 152 valence electrons. The Morgan fingerprint density at radius 2 is 1.90 bits per heavy atom. The number of H-pyrrole nitrogens is 1. The first-order valence-electron chi connectivity index (χ1n) is 10.3. The van der Waals surface area contributed by atoms with E-state index in [1.807, 2.05) is 35.2 Å². The van der Waals surface area contributed by atoms with E-state index in [1.54, 1.807) is 4.90 Å². The van der Waals surface area contributed by atoms with Crippen molar-refractivity contribution in [3.8, 4) is 0 Å². The second-order valence-electron chi connectivity index (χ2n) is 7.94. The van der Waals surface area contributed by atoms with E-state index >= 15 is 0 Å². The molecular formula is C22H27N5O2. The van der Waals surface area contributed by atoms with Gasteiger partial charge >= 0.3 is 0 Å². The molecule has 0 aliphatic carbocycles. The van der Waals surface area contributed by atoms with Crippen molar-refractivity contribution in [1.29, 1.82) is 0 Å².